The highest BCUT2D eigenvalue weighted by molar-refractivity contribution is 5.68. The Hall–Kier alpha value is -1.98. The van der Waals surface area contributed by atoms with Gasteiger partial charge in [-0.1, -0.05) is 0 Å². The number of nitrogens with zero attached hydrogens (tertiary/aromatic N) is 4. The molecule has 2 aromatic rings. The summed E-state index contributed by atoms with van der Waals surface area (Å²) in [6, 6.07) is 0. The minimum Gasteiger partial charge on any atom is -0.382 e. The van der Waals surface area contributed by atoms with Crippen molar-refractivity contribution in [1.82, 2.24) is 19.2 Å². The number of anilines is 1. The van der Waals surface area contributed by atoms with Crippen molar-refractivity contribution in [3.8, 4) is 11.4 Å². The van der Waals surface area contributed by atoms with Crippen LogP contribution >= 0.6 is 0 Å². The maximum atomic E-state index is 6.02. The molecule has 0 aliphatic heterocycles. The minimum absolute atomic E-state index is 0.481. The van der Waals surface area contributed by atoms with Crippen molar-refractivity contribution in [3.05, 3.63) is 18.3 Å². The van der Waals surface area contributed by atoms with Crippen LogP contribution in [0.3, 0.4) is 0 Å². The van der Waals surface area contributed by atoms with Crippen molar-refractivity contribution >= 4 is 5.82 Å². The SMILES string of the molecule is CCn1cncc1-c1nc(C2CC2)n(N)c1N. The van der Waals surface area contributed by atoms with Gasteiger partial charge in [0.15, 0.2) is 5.82 Å². The Morgan fingerprint density at radius 2 is 2.24 bits per heavy atom. The normalized spacial score (nSPS) is 15.4. The first-order valence-corrected chi connectivity index (χ1v) is 5.86. The molecule has 17 heavy (non-hydrogen) atoms. The number of nitrogens with two attached hydrogens (primary N) is 2. The van der Waals surface area contributed by atoms with E-state index < -0.39 is 0 Å². The zero-order valence-corrected chi connectivity index (χ0v) is 9.80. The summed E-state index contributed by atoms with van der Waals surface area (Å²) in [7, 11) is 0. The van der Waals surface area contributed by atoms with Crippen molar-refractivity contribution in [2.24, 2.45) is 0 Å². The van der Waals surface area contributed by atoms with E-state index in [1.54, 1.807) is 12.5 Å². The van der Waals surface area contributed by atoms with Crippen molar-refractivity contribution in [2.45, 2.75) is 32.2 Å². The summed E-state index contributed by atoms with van der Waals surface area (Å²) in [5.74, 6) is 7.83. The molecule has 2 heterocycles. The number of imidazole rings is 2. The highest BCUT2D eigenvalue weighted by Crippen LogP contribution is 2.41. The smallest absolute Gasteiger partial charge is 0.152 e. The van der Waals surface area contributed by atoms with Crippen LogP contribution in [0.1, 0.15) is 31.5 Å². The first kappa shape index (κ1) is 10.2. The molecule has 1 aliphatic rings. The first-order chi connectivity index (χ1) is 8.22. The van der Waals surface area contributed by atoms with Crippen LogP contribution in [-0.2, 0) is 6.54 Å². The maximum absolute atomic E-state index is 6.02. The Bertz CT molecular complexity index is 548. The quantitative estimate of drug-likeness (QED) is 0.771. The molecule has 0 bridgehead atoms. The molecule has 0 saturated heterocycles. The van der Waals surface area contributed by atoms with E-state index in [9.17, 15) is 0 Å². The number of rotatable bonds is 3. The molecular weight excluding hydrogens is 216 g/mol. The van der Waals surface area contributed by atoms with Gasteiger partial charge in [-0.3, -0.25) is 0 Å². The van der Waals surface area contributed by atoms with Crippen LogP contribution in [0.5, 0.6) is 0 Å². The molecule has 3 rings (SSSR count). The fraction of sp³-hybridized carbons (Fsp3) is 0.455. The number of hydrogen-bond donors (Lipinski definition) is 2. The van der Waals surface area contributed by atoms with E-state index in [-0.39, 0.29) is 0 Å². The van der Waals surface area contributed by atoms with Crippen LogP contribution in [0.25, 0.3) is 11.4 Å². The Morgan fingerprint density at radius 1 is 1.47 bits per heavy atom. The number of aromatic nitrogens is 4. The van der Waals surface area contributed by atoms with Gasteiger partial charge in [0.2, 0.25) is 0 Å². The monoisotopic (exact) mass is 232 g/mol. The second kappa shape index (κ2) is 3.51. The molecule has 6 heteroatoms. The molecule has 0 unspecified atom stereocenters. The molecule has 90 valence electrons. The third-order valence-electron chi connectivity index (χ3n) is 3.21. The highest BCUT2D eigenvalue weighted by Gasteiger charge is 2.31. The summed E-state index contributed by atoms with van der Waals surface area (Å²) >= 11 is 0. The lowest BCUT2D eigenvalue weighted by atomic mass is 10.3. The second-order valence-corrected chi connectivity index (χ2v) is 4.41. The van der Waals surface area contributed by atoms with Crippen LogP contribution in [0.2, 0.25) is 0 Å². The number of hydrogen-bond acceptors (Lipinski definition) is 4. The lowest BCUT2D eigenvalue weighted by Gasteiger charge is -2.03. The Balaban J connectivity index is 2.11. The molecule has 0 radical (unpaired) electrons. The van der Waals surface area contributed by atoms with Gasteiger partial charge in [0.05, 0.1) is 18.2 Å². The van der Waals surface area contributed by atoms with Crippen molar-refractivity contribution in [1.29, 1.82) is 0 Å². The average Bonchev–Trinajstić information content (AvgIpc) is 2.99. The summed E-state index contributed by atoms with van der Waals surface area (Å²) in [5, 5.41) is 0. The zero-order chi connectivity index (χ0) is 12.0. The minimum atomic E-state index is 0.481. The van der Waals surface area contributed by atoms with Gasteiger partial charge in [-0.2, -0.15) is 0 Å². The summed E-state index contributed by atoms with van der Waals surface area (Å²) in [4.78, 5) is 8.70. The zero-order valence-electron chi connectivity index (χ0n) is 9.80. The van der Waals surface area contributed by atoms with E-state index in [4.69, 9.17) is 11.6 Å². The predicted molar refractivity (Wildman–Crippen MR) is 65.7 cm³/mol. The Kier molecular flexibility index (Phi) is 2.10. The van der Waals surface area contributed by atoms with Crippen molar-refractivity contribution in [3.63, 3.8) is 0 Å². The fourth-order valence-corrected chi connectivity index (χ4v) is 2.05. The van der Waals surface area contributed by atoms with E-state index in [0.29, 0.717) is 11.7 Å². The molecule has 2 aromatic heterocycles. The lowest BCUT2D eigenvalue weighted by molar-refractivity contribution is 0.767. The van der Waals surface area contributed by atoms with Gasteiger partial charge < -0.3 is 16.1 Å². The third-order valence-corrected chi connectivity index (χ3v) is 3.21. The Labute approximate surface area is 99.2 Å². The molecule has 0 atom stereocenters. The summed E-state index contributed by atoms with van der Waals surface area (Å²) in [5.41, 5.74) is 7.69. The van der Waals surface area contributed by atoms with E-state index >= 15 is 0 Å². The summed E-state index contributed by atoms with van der Waals surface area (Å²) in [6.45, 7) is 2.90. The molecule has 4 N–H and O–H groups in total. The van der Waals surface area contributed by atoms with Gasteiger partial charge in [0.25, 0.3) is 0 Å². The average molecular weight is 232 g/mol. The van der Waals surface area contributed by atoms with Gasteiger partial charge in [0, 0.05) is 12.5 Å². The second-order valence-electron chi connectivity index (χ2n) is 4.41. The summed E-state index contributed by atoms with van der Waals surface area (Å²) < 4.78 is 3.52. The third kappa shape index (κ3) is 1.48. The summed E-state index contributed by atoms with van der Waals surface area (Å²) in [6.07, 6.45) is 5.86. The molecule has 1 saturated carbocycles. The standard InChI is InChI=1S/C11H16N6/c1-2-16-6-14-5-8(16)9-10(12)17(13)11(15-9)7-3-4-7/h5-7H,2-4,12-13H2,1H3. The molecule has 1 fully saturated rings. The van der Waals surface area contributed by atoms with Crippen molar-refractivity contribution < 1.29 is 0 Å². The molecule has 0 aromatic carbocycles. The van der Waals surface area contributed by atoms with Gasteiger partial charge >= 0.3 is 0 Å². The van der Waals surface area contributed by atoms with E-state index in [1.807, 2.05) is 4.57 Å². The van der Waals surface area contributed by atoms with Crippen LogP contribution < -0.4 is 11.6 Å². The van der Waals surface area contributed by atoms with Crippen LogP contribution in [0, 0.1) is 0 Å². The largest absolute Gasteiger partial charge is 0.382 e. The van der Waals surface area contributed by atoms with Gasteiger partial charge in [-0.15, -0.1) is 0 Å². The first-order valence-electron chi connectivity index (χ1n) is 5.86. The molecule has 0 spiro atoms. The van der Waals surface area contributed by atoms with Crippen LogP contribution in [0.4, 0.5) is 5.82 Å². The van der Waals surface area contributed by atoms with Gasteiger partial charge in [0.1, 0.15) is 11.5 Å². The van der Waals surface area contributed by atoms with Gasteiger partial charge in [-0.05, 0) is 19.8 Å². The number of aryl methyl sites for hydroxylation is 1. The molecule has 6 nitrogen and oxygen atoms in total. The topological polar surface area (TPSA) is 87.7 Å². The van der Waals surface area contributed by atoms with Crippen LogP contribution in [-0.4, -0.2) is 19.2 Å². The van der Waals surface area contributed by atoms with Crippen molar-refractivity contribution in [2.75, 3.05) is 11.6 Å². The van der Waals surface area contributed by atoms with E-state index in [1.165, 1.54) is 4.68 Å². The van der Waals surface area contributed by atoms with E-state index in [0.717, 1.165) is 36.6 Å². The highest BCUT2D eigenvalue weighted by atomic mass is 15.4. The molecule has 0 amide bonds. The number of nitrogen functional groups attached to an aromatic ring is 2. The Morgan fingerprint density at radius 3 is 2.88 bits per heavy atom. The van der Waals surface area contributed by atoms with Crippen LogP contribution in [0.15, 0.2) is 12.5 Å². The molecule has 1 aliphatic carbocycles. The predicted octanol–water partition coefficient (Wildman–Crippen LogP) is 0.940. The van der Waals surface area contributed by atoms with Gasteiger partial charge in [-0.25, -0.2) is 14.6 Å². The lowest BCUT2D eigenvalue weighted by Crippen LogP contribution is -2.14. The molecular formula is C11H16N6. The van der Waals surface area contributed by atoms with E-state index in [2.05, 4.69) is 16.9 Å². The fourth-order valence-electron chi connectivity index (χ4n) is 2.05. The maximum Gasteiger partial charge on any atom is 0.152 e.